The number of nitrogens with zero attached hydrogens (tertiary/aromatic N) is 1. The van der Waals surface area contributed by atoms with Crippen LogP contribution < -0.4 is 5.32 Å². The molecule has 3 aromatic carbocycles. The van der Waals surface area contributed by atoms with E-state index in [-0.39, 0.29) is 0 Å². The molecular formula is C25H23N2O3P. The molecule has 0 saturated heterocycles. The molecule has 0 aliphatic heterocycles. The summed E-state index contributed by atoms with van der Waals surface area (Å²) < 4.78 is 12.7. The lowest BCUT2D eigenvalue weighted by molar-refractivity contribution is 0.362. The maximum Gasteiger partial charge on any atom is 0.353 e. The summed E-state index contributed by atoms with van der Waals surface area (Å²) in [5.41, 5.74) is 5.00. The van der Waals surface area contributed by atoms with Crippen LogP contribution in [0, 0.1) is 6.92 Å². The summed E-state index contributed by atoms with van der Waals surface area (Å²) in [5, 5.41) is 3.03. The molecule has 0 aliphatic rings. The summed E-state index contributed by atoms with van der Waals surface area (Å²) in [6, 6.07) is 30.4. The summed E-state index contributed by atoms with van der Waals surface area (Å²) in [6.45, 7) is 1.84. The first-order chi connectivity index (χ1) is 14.9. The maximum atomic E-state index is 12.7. The first kappa shape index (κ1) is 21.0. The van der Waals surface area contributed by atoms with Gasteiger partial charge in [-0.05, 0) is 41.8 Å². The van der Waals surface area contributed by atoms with Gasteiger partial charge in [-0.25, -0.2) is 0 Å². The van der Waals surface area contributed by atoms with E-state index in [2.05, 4.69) is 10.3 Å². The van der Waals surface area contributed by atoms with Gasteiger partial charge < -0.3 is 15.1 Å². The monoisotopic (exact) mass is 430 g/mol. The average Bonchev–Trinajstić information content (AvgIpc) is 2.78. The second kappa shape index (κ2) is 8.86. The van der Waals surface area contributed by atoms with Crippen molar-refractivity contribution in [2.75, 3.05) is 5.32 Å². The van der Waals surface area contributed by atoms with E-state index in [0.29, 0.717) is 22.6 Å². The zero-order valence-corrected chi connectivity index (χ0v) is 17.9. The number of hydrogen-bond acceptors (Lipinski definition) is 3. The quantitative estimate of drug-likeness (QED) is 0.326. The van der Waals surface area contributed by atoms with Gasteiger partial charge in [-0.2, -0.15) is 0 Å². The number of benzene rings is 3. The Morgan fingerprint density at radius 3 is 1.87 bits per heavy atom. The minimum atomic E-state index is -4.62. The number of aryl methyl sites for hydroxylation is 1. The Morgan fingerprint density at radius 1 is 0.806 bits per heavy atom. The molecule has 3 N–H and O–H groups in total. The van der Waals surface area contributed by atoms with Crippen molar-refractivity contribution in [1.82, 2.24) is 4.98 Å². The molecule has 1 unspecified atom stereocenters. The van der Waals surface area contributed by atoms with Crippen LogP contribution >= 0.6 is 7.60 Å². The van der Waals surface area contributed by atoms with E-state index < -0.39 is 13.4 Å². The standard InChI is InChI=1S/C25H23N2O3P/c1-18-17-22(19-11-5-2-6-12-19)23(20-13-7-3-8-14-20)24(26-18)25(31(28,29)30)27-21-15-9-4-10-16-21/h2-17,25,27H,1H3,(H2,28,29,30). The third-order valence-corrected chi connectivity index (χ3v) is 6.04. The molecule has 5 nitrogen and oxygen atoms in total. The summed E-state index contributed by atoms with van der Waals surface area (Å²) in [4.78, 5) is 25.3. The van der Waals surface area contributed by atoms with Crippen LogP contribution in [0.4, 0.5) is 5.69 Å². The Labute approximate surface area is 181 Å². The molecule has 0 saturated carbocycles. The predicted octanol–water partition coefficient (Wildman–Crippen LogP) is 6.01. The highest BCUT2D eigenvalue weighted by molar-refractivity contribution is 7.52. The number of rotatable bonds is 6. The third kappa shape index (κ3) is 4.75. The number of para-hydroxylation sites is 1. The van der Waals surface area contributed by atoms with Crippen molar-refractivity contribution in [3.05, 3.63) is 108 Å². The van der Waals surface area contributed by atoms with Gasteiger partial charge >= 0.3 is 7.60 Å². The lowest BCUT2D eigenvalue weighted by Gasteiger charge is -2.25. The van der Waals surface area contributed by atoms with Gasteiger partial charge in [0.15, 0.2) is 5.78 Å². The number of pyridine rings is 1. The molecule has 0 spiro atoms. The average molecular weight is 430 g/mol. The minimum Gasteiger partial charge on any atom is -0.367 e. The molecule has 0 bridgehead atoms. The van der Waals surface area contributed by atoms with Gasteiger partial charge in [0.05, 0.1) is 5.69 Å². The fourth-order valence-corrected chi connectivity index (χ4v) is 4.48. The molecule has 1 atom stereocenters. The van der Waals surface area contributed by atoms with E-state index in [0.717, 1.165) is 16.7 Å². The van der Waals surface area contributed by atoms with Gasteiger partial charge in [-0.1, -0.05) is 78.9 Å². The van der Waals surface area contributed by atoms with E-state index in [4.69, 9.17) is 0 Å². The molecule has 6 heteroatoms. The number of hydrogen-bond donors (Lipinski definition) is 3. The van der Waals surface area contributed by atoms with Gasteiger partial charge in [-0.3, -0.25) is 9.55 Å². The van der Waals surface area contributed by atoms with Crippen molar-refractivity contribution in [3.63, 3.8) is 0 Å². The number of aromatic nitrogens is 1. The van der Waals surface area contributed by atoms with Crippen LogP contribution in [-0.4, -0.2) is 14.8 Å². The summed E-state index contributed by atoms with van der Waals surface area (Å²) >= 11 is 0. The lowest BCUT2D eigenvalue weighted by Crippen LogP contribution is -2.15. The Kier molecular flexibility index (Phi) is 6.01. The smallest absolute Gasteiger partial charge is 0.353 e. The van der Waals surface area contributed by atoms with Crippen LogP contribution in [0.25, 0.3) is 22.3 Å². The second-order valence-electron chi connectivity index (χ2n) is 7.31. The molecular weight excluding hydrogens is 407 g/mol. The SMILES string of the molecule is Cc1cc(-c2ccccc2)c(-c2ccccc2)c(C(Nc2ccccc2)P(=O)(O)O)n1. The van der Waals surface area contributed by atoms with Crippen LogP contribution in [0.2, 0.25) is 0 Å². The van der Waals surface area contributed by atoms with Gasteiger partial charge in [0, 0.05) is 16.9 Å². The molecule has 4 rings (SSSR count). The maximum absolute atomic E-state index is 12.7. The molecule has 1 heterocycles. The van der Waals surface area contributed by atoms with Crippen LogP contribution in [0.1, 0.15) is 17.2 Å². The molecule has 0 amide bonds. The van der Waals surface area contributed by atoms with Crippen molar-refractivity contribution in [1.29, 1.82) is 0 Å². The van der Waals surface area contributed by atoms with Crippen molar-refractivity contribution in [2.45, 2.75) is 12.7 Å². The lowest BCUT2D eigenvalue weighted by atomic mass is 9.92. The van der Waals surface area contributed by atoms with Crippen LogP contribution in [0.15, 0.2) is 97.1 Å². The molecule has 0 fully saturated rings. The zero-order valence-electron chi connectivity index (χ0n) is 17.0. The molecule has 4 aromatic rings. The largest absolute Gasteiger partial charge is 0.367 e. The fraction of sp³-hybridized carbons (Fsp3) is 0.0800. The second-order valence-corrected chi connectivity index (χ2v) is 9.00. The van der Waals surface area contributed by atoms with Crippen LogP contribution in [0.5, 0.6) is 0 Å². The summed E-state index contributed by atoms with van der Waals surface area (Å²) in [5.74, 6) is -1.30. The Balaban J connectivity index is 1.99. The summed E-state index contributed by atoms with van der Waals surface area (Å²) in [7, 11) is -4.62. The van der Waals surface area contributed by atoms with Crippen molar-refractivity contribution in [3.8, 4) is 22.3 Å². The predicted molar refractivity (Wildman–Crippen MR) is 125 cm³/mol. The van der Waals surface area contributed by atoms with Gasteiger partial charge in [0.25, 0.3) is 0 Å². The first-order valence-electron chi connectivity index (χ1n) is 9.92. The normalized spacial score (nSPS) is 12.4. The molecule has 31 heavy (non-hydrogen) atoms. The molecule has 0 aliphatic carbocycles. The first-order valence-corrected chi connectivity index (χ1v) is 11.6. The van der Waals surface area contributed by atoms with Gasteiger partial charge in [0.1, 0.15) is 0 Å². The third-order valence-electron chi connectivity index (χ3n) is 5.00. The van der Waals surface area contributed by atoms with Crippen molar-refractivity contribution in [2.24, 2.45) is 0 Å². The van der Waals surface area contributed by atoms with E-state index in [9.17, 15) is 14.4 Å². The zero-order chi connectivity index (χ0) is 21.8. The Hall–Kier alpha value is -3.24. The van der Waals surface area contributed by atoms with E-state index in [1.54, 1.807) is 12.1 Å². The van der Waals surface area contributed by atoms with Gasteiger partial charge in [0.2, 0.25) is 0 Å². The Morgan fingerprint density at radius 2 is 1.32 bits per heavy atom. The topological polar surface area (TPSA) is 82.5 Å². The van der Waals surface area contributed by atoms with Crippen LogP contribution in [-0.2, 0) is 4.57 Å². The van der Waals surface area contributed by atoms with E-state index in [1.165, 1.54) is 0 Å². The highest BCUT2D eigenvalue weighted by Crippen LogP contribution is 2.54. The molecule has 0 radical (unpaired) electrons. The van der Waals surface area contributed by atoms with Crippen molar-refractivity contribution < 1.29 is 14.4 Å². The fourth-order valence-electron chi connectivity index (χ4n) is 3.65. The number of anilines is 1. The van der Waals surface area contributed by atoms with Crippen LogP contribution in [0.3, 0.4) is 0 Å². The minimum absolute atomic E-state index is 0.322. The molecule has 156 valence electrons. The van der Waals surface area contributed by atoms with Crippen molar-refractivity contribution >= 4 is 13.3 Å². The highest BCUT2D eigenvalue weighted by Gasteiger charge is 2.35. The van der Waals surface area contributed by atoms with E-state index >= 15 is 0 Å². The van der Waals surface area contributed by atoms with Gasteiger partial charge in [-0.15, -0.1) is 0 Å². The Bertz CT molecular complexity index is 1210. The number of nitrogens with one attached hydrogen (secondary N) is 1. The summed E-state index contributed by atoms with van der Waals surface area (Å²) in [6.07, 6.45) is 0. The molecule has 1 aromatic heterocycles. The highest BCUT2D eigenvalue weighted by atomic mass is 31.2. The van der Waals surface area contributed by atoms with E-state index in [1.807, 2.05) is 91.9 Å².